The third-order valence-corrected chi connectivity index (χ3v) is 6.36. The van der Waals surface area contributed by atoms with Crippen LogP contribution in [0.15, 0.2) is 46.9 Å². The van der Waals surface area contributed by atoms with Crippen LogP contribution >= 0.6 is 15.9 Å². The van der Waals surface area contributed by atoms with Crippen molar-refractivity contribution in [3.63, 3.8) is 0 Å². The summed E-state index contributed by atoms with van der Waals surface area (Å²) in [5.74, 6) is -0.202. The number of nitrogens with one attached hydrogen (secondary N) is 1. The fourth-order valence-corrected chi connectivity index (χ4v) is 5.11. The molecule has 2 aliphatic heterocycles. The molecule has 1 N–H and O–H groups in total. The molecular formula is C21H18BrN3O2. The number of aromatic amines is 1. The lowest BCUT2D eigenvalue weighted by molar-refractivity contribution is -0.143. The minimum Gasteiger partial charge on any atom is -0.355 e. The number of fused-ring (bicyclic) bond motifs is 6. The van der Waals surface area contributed by atoms with Crippen molar-refractivity contribution in [3.8, 4) is 0 Å². The van der Waals surface area contributed by atoms with Gasteiger partial charge in [0.1, 0.15) is 0 Å². The van der Waals surface area contributed by atoms with Crippen LogP contribution in [0.3, 0.4) is 0 Å². The van der Waals surface area contributed by atoms with E-state index in [1.54, 1.807) is 23.8 Å². The largest absolute Gasteiger partial charge is 0.355 e. The summed E-state index contributed by atoms with van der Waals surface area (Å²) >= 11 is 3.54. The summed E-state index contributed by atoms with van der Waals surface area (Å²) in [7, 11) is 1.78. The number of carbonyl (C=O) groups is 2. The Morgan fingerprint density at radius 3 is 2.78 bits per heavy atom. The highest BCUT2D eigenvalue weighted by molar-refractivity contribution is 9.10. The lowest BCUT2D eigenvalue weighted by Gasteiger charge is -2.43. The maximum Gasteiger partial charge on any atom is 0.263 e. The standard InChI is InChI=1S/C21H18BrN3O2/c1-12(26)25-10-9-15-14-5-3-4-6-17(14)23-19(15)21(25)16-11-13(22)7-8-18(16)24(2)20(21)27/h3-8,11,23H,9-10H2,1-2H3/t21-/m0/s1. The average molecular weight is 424 g/mol. The highest BCUT2D eigenvalue weighted by atomic mass is 79.9. The molecule has 0 saturated heterocycles. The molecule has 2 aromatic carbocycles. The minimum absolute atomic E-state index is 0.0988. The van der Waals surface area contributed by atoms with Crippen molar-refractivity contribution in [2.75, 3.05) is 18.5 Å². The number of likely N-dealkylation sites (N-methyl/N-ethyl adjacent to an activating group) is 1. The third kappa shape index (κ3) is 1.94. The zero-order chi connectivity index (χ0) is 18.9. The molecule has 0 fully saturated rings. The van der Waals surface area contributed by atoms with Crippen molar-refractivity contribution in [2.45, 2.75) is 18.9 Å². The Kier molecular flexibility index (Phi) is 3.35. The van der Waals surface area contributed by atoms with Crippen LogP contribution in [0.5, 0.6) is 0 Å². The van der Waals surface area contributed by atoms with E-state index in [-0.39, 0.29) is 11.8 Å². The zero-order valence-corrected chi connectivity index (χ0v) is 16.6. The number of benzene rings is 2. The quantitative estimate of drug-likeness (QED) is 0.600. The minimum atomic E-state index is -1.15. The molecule has 2 amide bonds. The molecule has 27 heavy (non-hydrogen) atoms. The summed E-state index contributed by atoms with van der Waals surface area (Å²) in [5, 5.41) is 1.12. The summed E-state index contributed by atoms with van der Waals surface area (Å²) in [6.45, 7) is 2.05. The number of anilines is 1. The van der Waals surface area contributed by atoms with E-state index >= 15 is 0 Å². The maximum absolute atomic E-state index is 13.7. The van der Waals surface area contributed by atoms with E-state index in [0.29, 0.717) is 6.54 Å². The van der Waals surface area contributed by atoms with Crippen molar-refractivity contribution in [2.24, 2.45) is 0 Å². The van der Waals surface area contributed by atoms with E-state index in [4.69, 9.17) is 0 Å². The van der Waals surface area contributed by atoms with Gasteiger partial charge in [0.25, 0.3) is 5.91 Å². The van der Waals surface area contributed by atoms with Crippen molar-refractivity contribution in [1.29, 1.82) is 0 Å². The Bertz CT molecular complexity index is 1140. The first-order chi connectivity index (χ1) is 13.0. The van der Waals surface area contributed by atoms with Gasteiger partial charge in [0.2, 0.25) is 5.91 Å². The molecule has 2 aliphatic rings. The van der Waals surface area contributed by atoms with Crippen LogP contribution in [0, 0.1) is 0 Å². The number of para-hydroxylation sites is 1. The van der Waals surface area contributed by atoms with Crippen LogP contribution in [0.25, 0.3) is 10.9 Å². The fraction of sp³-hybridized carbons (Fsp3) is 0.238. The van der Waals surface area contributed by atoms with Gasteiger partial charge in [-0.3, -0.25) is 9.59 Å². The van der Waals surface area contributed by atoms with Gasteiger partial charge in [0, 0.05) is 47.1 Å². The fourth-order valence-electron chi connectivity index (χ4n) is 4.75. The summed E-state index contributed by atoms with van der Waals surface area (Å²) in [5.41, 5.74) is 3.46. The van der Waals surface area contributed by atoms with E-state index in [1.807, 2.05) is 36.4 Å². The molecular weight excluding hydrogens is 406 g/mol. The second-order valence-electron chi connectivity index (χ2n) is 7.18. The molecule has 1 spiro atoms. The van der Waals surface area contributed by atoms with Crippen molar-refractivity contribution in [1.82, 2.24) is 9.88 Å². The molecule has 0 saturated carbocycles. The van der Waals surface area contributed by atoms with Crippen molar-refractivity contribution < 1.29 is 9.59 Å². The molecule has 6 heteroatoms. The van der Waals surface area contributed by atoms with Crippen LogP contribution in [0.2, 0.25) is 0 Å². The molecule has 136 valence electrons. The van der Waals surface area contributed by atoms with Crippen LogP contribution in [-0.2, 0) is 21.5 Å². The van der Waals surface area contributed by atoms with Gasteiger partial charge >= 0.3 is 0 Å². The first-order valence-electron chi connectivity index (χ1n) is 8.92. The van der Waals surface area contributed by atoms with Gasteiger partial charge < -0.3 is 14.8 Å². The van der Waals surface area contributed by atoms with Crippen LogP contribution < -0.4 is 4.90 Å². The Balaban J connectivity index is 1.93. The predicted octanol–water partition coefficient (Wildman–Crippen LogP) is 3.56. The van der Waals surface area contributed by atoms with E-state index < -0.39 is 5.54 Å². The monoisotopic (exact) mass is 423 g/mol. The van der Waals surface area contributed by atoms with Gasteiger partial charge in [-0.2, -0.15) is 0 Å². The second kappa shape index (κ2) is 5.45. The van der Waals surface area contributed by atoms with E-state index in [1.165, 1.54) is 0 Å². The van der Waals surface area contributed by atoms with Crippen molar-refractivity contribution >= 4 is 44.3 Å². The molecule has 0 aliphatic carbocycles. The van der Waals surface area contributed by atoms with Gasteiger partial charge in [-0.15, -0.1) is 0 Å². The molecule has 3 heterocycles. The van der Waals surface area contributed by atoms with Gasteiger partial charge in [-0.1, -0.05) is 34.1 Å². The third-order valence-electron chi connectivity index (χ3n) is 5.87. The number of H-pyrrole nitrogens is 1. The first-order valence-corrected chi connectivity index (χ1v) is 9.72. The Labute approximate surface area is 165 Å². The van der Waals surface area contributed by atoms with Crippen LogP contribution in [-0.4, -0.2) is 35.3 Å². The van der Waals surface area contributed by atoms with Gasteiger partial charge in [0.05, 0.1) is 5.69 Å². The Morgan fingerprint density at radius 2 is 2.00 bits per heavy atom. The van der Waals surface area contributed by atoms with Crippen LogP contribution in [0.4, 0.5) is 5.69 Å². The predicted molar refractivity (Wildman–Crippen MR) is 108 cm³/mol. The average Bonchev–Trinajstić information content (AvgIpc) is 3.13. The van der Waals surface area contributed by atoms with Gasteiger partial charge in [-0.25, -0.2) is 0 Å². The molecule has 0 bridgehead atoms. The van der Waals surface area contributed by atoms with Gasteiger partial charge in [0.15, 0.2) is 5.54 Å². The first kappa shape index (κ1) is 16.6. The number of nitrogens with zero attached hydrogens (tertiary/aromatic N) is 2. The number of aromatic nitrogens is 1. The highest BCUT2D eigenvalue weighted by Crippen LogP contribution is 2.52. The van der Waals surface area contributed by atoms with Crippen molar-refractivity contribution in [3.05, 3.63) is 63.8 Å². The summed E-state index contributed by atoms with van der Waals surface area (Å²) in [4.78, 5) is 33.2. The normalized spacial score (nSPS) is 21.1. The molecule has 1 aromatic heterocycles. The number of halogens is 1. The zero-order valence-electron chi connectivity index (χ0n) is 15.0. The summed E-state index contributed by atoms with van der Waals surface area (Å²) < 4.78 is 0.885. The lowest BCUT2D eigenvalue weighted by Crippen LogP contribution is -2.58. The van der Waals surface area contributed by atoms with E-state index in [2.05, 4.69) is 27.0 Å². The molecule has 5 rings (SSSR count). The molecule has 0 unspecified atom stereocenters. The smallest absolute Gasteiger partial charge is 0.263 e. The molecule has 1 atom stereocenters. The lowest BCUT2D eigenvalue weighted by atomic mass is 9.80. The maximum atomic E-state index is 13.7. The Morgan fingerprint density at radius 1 is 1.22 bits per heavy atom. The van der Waals surface area contributed by atoms with E-state index in [9.17, 15) is 9.59 Å². The molecule has 5 nitrogen and oxygen atoms in total. The number of hydrogen-bond donors (Lipinski definition) is 1. The van der Waals surface area contributed by atoms with Gasteiger partial charge in [-0.05, 0) is 36.2 Å². The number of carbonyl (C=O) groups excluding carboxylic acids is 2. The second-order valence-corrected chi connectivity index (χ2v) is 8.10. The summed E-state index contributed by atoms with van der Waals surface area (Å²) in [6, 6.07) is 13.9. The topological polar surface area (TPSA) is 56.4 Å². The molecule has 0 radical (unpaired) electrons. The SMILES string of the molecule is CC(=O)N1CCc2c([nH]c3ccccc23)[C@@]12C(=O)N(C)c1ccc(Br)cc12. The van der Waals surface area contributed by atoms with E-state index in [0.717, 1.165) is 44.3 Å². The number of rotatable bonds is 0. The Hall–Kier alpha value is -2.60. The number of amides is 2. The number of hydrogen-bond acceptors (Lipinski definition) is 2. The van der Waals surface area contributed by atoms with Crippen LogP contribution in [0.1, 0.15) is 23.7 Å². The summed E-state index contributed by atoms with van der Waals surface area (Å²) in [6.07, 6.45) is 0.723. The molecule has 3 aromatic rings. The highest BCUT2D eigenvalue weighted by Gasteiger charge is 2.59.